The molecule has 2 aromatic rings. The zero-order valence-electron chi connectivity index (χ0n) is 9.09. The molecule has 0 atom stereocenters. The lowest BCUT2D eigenvalue weighted by Crippen LogP contribution is -2.04. The lowest BCUT2D eigenvalue weighted by atomic mass is 10.2. The van der Waals surface area contributed by atoms with Crippen molar-refractivity contribution in [2.45, 2.75) is 6.61 Å². The van der Waals surface area contributed by atoms with Crippen LogP contribution in [0.15, 0.2) is 36.5 Å². The molecule has 2 rings (SSSR count). The summed E-state index contributed by atoms with van der Waals surface area (Å²) in [4.78, 5) is 18.5. The molecule has 0 aliphatic carbocycles. The van der Waals surface area contributed by atoms with E-state index in [9.17, 15) is 13.6 Å². The standard InChI is InChI=1S/C12H8F2N2O2/c13-12(14)18-10-4-2-1-3-9(10)11-15-6-5-8(7-17)16-11/h1-7,12H. The predicted molar refractivity (Wildman–Crippen MR) is 59.5 cm³/mol. The zero-order chi connectivity index (χ0) is 13.0. The lowest BCUT2D eigenvalue weighted by molar-refractivity contribution is -0.0494. The number of carbonyl (C=O) groups excluding carboxylic acids is 1. The maximum atomic E-state index is 12.2. The molecular formula is C12H8F2N2O2. The highest BCUT2D eigenvalue weighted by Gasteiger charge is 2.12. The van der Waals surface area contributed by atoms with Gasteiger partial charge < -0.3 is 4.74 Å². The Balaban J connectivity index is 2.45. The molecule has 1 aromatic carbocycles. The highest BCUT2D eigenvalue weighted by molar-refractivity contribution is 5.73. The summed E-state index contributed by atoms with van der Waals surface area (Å²) in [7, 11) is 0. The smallest absolute Gasteiger partial charge is 0.387 e. The Morgan fingerprint density at radius 1 is 1.22 bits per heavy atom. The average molecular weight is 250 g/mol. The van der Waals surface area contributed by atoms with Crippen LogP contribution >= 0.6 is 0 Å². The number of rotatable bonds is 4. The summed E-state index contributed by atoms with van der Waals surface area (Å²) in [5.41, 5.74) is 0.480. The van der Waals surface area contributed by atoms with Crippen LogP contribution < -0.4 is 4.74 Å². The quantitative estimate of drug-likeness (QED) is 0.782. The summed E-state index contributed by atoms with van der Waals surface area (Å²) in [6.45, 7) is -2.93. The van der Waals surface area contributed by atoms with Crippen molar-refractivity contribution in [2.24, 2.45) is 0 Å². The number of nitrogens with zero attached hydrogens (tertiary/aromatic N) is 2. The van der Waals surface area contributed by atoms with Crippen LogP contribution in [0.25, 0.3) is 11.4 Å². The van der Waals surface area contributed by atoms with Crippen LogP contribution in [-0.4, -0.2) is 22.9 Å². The van der Waals surface area contributed by atoms with E-state index in [4.69, 9.17) is 0 Å². The van der Waals surface area contributed by atoms with Gasteiger partial charge in [0, 0.05) is 6.20 Å². The molecule has 6 heteroatoms. The van der Waals surface area contributed by atoms with Crippen molar-refractivity contribution in [3.63, 3.8) is 0 Å². The maximum Gasteiger partial charge on any atom is 0.387 e. The average Bonchev–Trinajstić information content (AvgIpc) is 2.39. The van der Waals surface area contributed by atoms with Gasteiger partial charge in [-0.1, -0.05) is 12.1 Å². The fourth-order valence-electron chi connectivity index (χ4n) is 1.42. The molecule has 0 spiro atoms. The summed E-state index contributed by atoms with van der Waals surface area (Å²) < 4.78 is 28.9. The Hall–Kier alpha value is -2.37. The van der Waals surface area contributed by atoms with Gasteiger partial charge in [0.15, 0.2) is 12.1 Å². The molecule has 0 N–H and O–H groups in total. The number of ether oxygens (including phenoxy) is 1. The first kappa shape index (κ1) is 12.1. The van der Waals surface area contributed by atoms with Gasteiger partial charge in [-0.2, -0.15) is 8.78 Å². The van der Waals surface area contributed by atoms with Crippen LogP contribution in [0.5, 0.6) is 5.75 Å². The molecule has 0 unspecified atom stereocenters. The second kappa shape index (κ2) is 5.31. The normalized spacial score (nSPS) is 10.4. The van der Waals surface area contributed by atoms with Gasteiger partial charge in [0.05, 0.1) is 5.56 Å². The Labute approximate surface area is 101 Å². The summed E-state index contributed by atoms with van der Waals surface area (Å²) in [6, 6.07) is 7.56. The van der Waals surface area contributed by atoms with E-state index in [-0.39, 0.29) is 17.3 Å². The number of hydrogen-bond donors (Lipinski definition) is 0. The number of halogens is 2. The van der Waals surface area contributed by atoms with Crippen LogP contribution in [0.1, 0.15) is 10.5 Å². The van der Waals surface area contributed by atoms with Crippen molar-refractivity contribution in [1.82, 2.24) is 9.97 Å². The lowest BCUT2D eigenvalue weighted by Gasteiger charge is -2.09. The molecular weight excluding hydrogens is 242 g/mol. The fourth-order valence-corrected chi connectivity index (χ4v) is 1.42. The second-order valence-electron chi connectivity index (χ2n) is 3.30. The molecule has 18 heavy (non-hydrogen) atoms. The minimum atomic E-state index is -2.93. The third-order valence-electron chi connectivity index (χ3n) is 2.14. The van der Waals surface area contributed by atoms with Crippen molar-refractivity contribution in [3.8, 4) is 17.1 Å². The Morgan fingerprint density at radius 2 is 2.00 bits per heavy atom. The largest absolute Gasteiger partial charge is 0.434 e. The number of benzene rings is 1. The highest BCUT2D eigenvalue weighted by atomic mass is 19.3. The molecule has 0 aliphatic rings. The molecule has 0 saturated carbocycles. The monoisotopic (exact) mass is 250 g/mol. The van der Waals surface area contributed by atoms with Crippen LogP contribution in [0.4, 0.5) is 8.78 Å². The Bertz CT molecular complexity index is 561. The van der Waals surface area contributed by atoms with Crippen molar-refractivity contribution in [3.05, 3.63) is 42.2 Å². The van der Waals surface area contributed by atoms with Gasteiger partial charge in [-0.15, -0.1) is 0 Å². The molecule has 0 aliphatic heterocycles. The molecule has 0 saturated heterocycles. The van der Waals surface area contributed by atoms with Crippen molar-refractivity contribution in [2.75, 3.05) is 0 Å². The van der Waals surface area contributed by atoms with Gasteiger partial charge >= 0.3 is 6.61 Å². The molecule has 4 nitrogen and oxygen atoms in total. The third kappa shape index (κ3) is 2.65. The molecule has 0 amide bonds. The number of carbonyl (C=O) groups is 1. The van der Waals surface area contributed by atoms with Gasteiger partial charge in [0.1, 0.15) is 11.4 Å². The molecule has 0 fully saturated rings. The Kier molecular flexibility index (Phi) is 3.57. The van der Waals surface area contributed by atoms with Crippen LogP contribution in [-0.2, 0) is 0 Å². The van der Waals surface area contributed by atoms with Crippen LogP contribution in [0.3, 0.4) is 0 Å². The maximum absolute atomic E-state index is 12.2. The predicted octanol–water partition coefficient (Wildman–Crippen LogP) is 2.56. The first-order chi connectivity index (χ1) is 8.70. The van der Waals surface area contributed by atoms with E-state index >= 15 is 0 Å². The van der Waals surface area contributed by atoms with E-state index in [0.717, 1.165) is 0 Å². The number of hydrogen-bond acceptors (Lipinski definition) is 4. The van der Waals surface area contributed by atoms with Crippen molar-refractivity contribution >= 4 is 6.29 Å². The molecule has 0 radical (unpaired) electrons. The van der Waals surface area contributed by atoms with Crippen molar-refractivity contribution in [1.29, 1.82) is 0 Å². The van der Waals surface area contributed by atoms with Gasteiger partial charge in [-0.3, -0.25) is 4.79 Å². The van der Waals surface area contributed by atoms with Gasteiger partial charge in [0.25, 0.3) is 0 Å². The van der Waals surface area contributed by atoms with E-state index < -0.39 is 6.61 Å². The first-order valence-electron chi connectivity index (χ1n) is 5.03. The van der Waals surface area contributed by atoms with Crippen molar-refractivity contribution < 1.29 is 18.3 Å². The summed E-state index contributed by atoms with van der Waals surface area (Å²) in [5.74, 6) is 0.131. The molecule has 92 valence electrons. The van der Waals surface area contributed by atoms with E-state index in [1.54, 1.807) is 18.2 Å². The van der Waals surface area contributed by atoms with E-state index in [0.29, 0.717) is 11.8 Å². The molecule has 0 bridgehead atoms. The molecule has 1 aromatic heterocycles. The topological polar surface area (TPSA) is 52.1 Å². The van der Waals surface area contributed by atoms with Gasteiger partial charge in [-0.25, -0.2) is 9.97 Å². The number of aldehydes is 1. The second-order valence-corrected chi connectivity index (χ2v) is 3.30. The first-order valence-corrected chi connectivity index (χ1v) is 5.03. The zero-order valence-corrected chi connectivity index (χ0v) is 9.09. The Morgan fingerprint density at radius 3 is 2.72 bits per heavy atom. The third-order valence-corrected chi connectivity index (χ3v) is 2.14. The fraction of sp³-hybridized carbons (Fsp3) is 0.0833. The number of alkyl halides is 2. The SMILES string of the molecule is O=Cc1ccnc(-c2ccccc2OC(F)F)n1. The van der Waals surface area contributed by atoms with E-state index in [1.165, 1.54) is 18.3 Å². The summed E-state index contributed by atoms with van der Waals surface area (Å²) >= 11 is 0. The highest BCUT2D eigenvalue weighted by Crippen LogP contribution is 2.28. The summed E-state index contributed by atoms with van der Waals surface area (Å²) in [6.07, 6.45) is 1.94. The van der Waals surface area contributed by atoms with Gasteiger partial charge in [0.2, 0.25) is 0 Å². The number of aromatic nitrogens is 2. The van der Waals surface area contributed by atoms with E-state index in [2.05, 4.69) is 14.7 Å². The minimum Gasteiger partial charge on any atom is -0.434 e. The van der Waals surface area contributed by atoms with Crippen LogP contribution in [0.2, 0.25) is 0 Å². The van der Waals surface area contributed by atoms with Crippen LogP contribution in [0, 0.1) is 0 Å². The van der Waals surface area contributed by atoms with E-state index in [1.807, 2.05) is 0 Å². The molecule has 1 heterocycles. The van der Waals surface area contributed by atoms with Gasteiger partial charge in [-0.05, 0) is 18.2 Å². The minimum absolute atomic E-state index is 0.0319. The number of para-hydroxylation sites is 1. The summed E-state index contributed by atoms with van der Waals surface area (Å²) in [5, 5.41) is 0.